The van der Waals surface area contributed by atoms with Gasteiger partial charge in [-0.15, -0.1) is 0 Å². The van der Waals surface area contributed by atoms with Crippen LogP contribution in [0, 0.1) is 5.82 Å². The predicted octanol–water partition coefficient (Wildman–Crippen LogP) is 2.64. The van der Waals surface area contributed by atoms with Crippen LogP contribution in [0.25, 0.3) is 0 Å². The molecule has 2 aliphatic rings. The molecule has 1 fully saturated rings. The van der Waals surface area contributed by atoms with E-state index in [9.17, 15) is 27.5 Å². The van der Waals surface area contributed by atoms with Gasteiger partial charge in [-0.3, -0.25) is 14.5 Å². The molecule has 2 aliphatic heterocycles. The maximum Gasteiger partial charge on any atom is 0.261 e. The third-order valence-electron chi connectivity index (χ3n) is 7.04. The number of ether oxygens (including phenoxy) is 3. The molecular formula is C29H29FN2O8S. The number of sulfone groups is 1. The molecule has 1 N–H and O–H groups in total. The molecule has 0 aliphatic carbocycles. The topological polar surface area (TPSA) is 123 Å². The molecule has 1 unspecified atom stereocenters. The fourth-order valence-corrected chi connectivity index (χ4v) is 5.56. The van der Waals surface area contributed by atoms with Crippen molar-refractivity contribution in [1.82, 2.24) is 4.90 Å². The van der Waals surface area contributed by atoms with E-state index < -0.39 is 45.9 Å². The summed E-state index contributed by atoms with van der Waals surface area (Å²) in [6.45, 7) is 0.0920. The minimum Gasteiger partial charge on any atom is -0.494 e. The Morgan fingerprint density at radius 1 is 1.02 bits per heavy atom. The van der Waals surface area contributed by atoms with E-state index in [4.69, 9.17) is 14.2 Å². The number of hydrogen-bond acceptors (Lipinski definition) is 9. The number of carbonyl (C=O) groups excluding carboxylic acids is 2. The summed E-state index contributed by atoms with van der Waals surface area (Å²) in [5, 5.41) is 11.1. The van der Waals surface area contributed by atoms with Crippen molar-refractivity contribution in [3.05, 3.63) is 89.2 Å². The molecule has 0 aromatic heterocycles. The number of aliphatic hydroxyl groups is 1. The van der Waals surface area contributed by atoms with E-state index in [0.717, 1.165) is 11.2 Å². The highest BCUT2D eigenvalue weighted by molar-refractivity contribution is 7.90. The summed E-state index contributed by atoms with van der Waals surface area (Å²) >= 11 is 0. The van der Waals surface area contributed by atoms with Crippen LogP contribution < -0.4 is 9.64 Å². The second-order valence-electron chi connectivity index (χ2n) is 9.90. The first kappa shape index (κ1) is 28.7. The first-order chi connectivity index (χ1) is 19.6. The van der Waals surface area contributed by atoms with Crippen molar-refractivity contribution in [3.63, 3.8) is 0 Å². The van der Waals surface area contributed by atoms with E-state index in [-0.39, 0.29) is 36.9 Å². The fraction of sp³-hybridized carbons (Fsp3) is 0.310. The van der Waals surface area contributed by atoms with Gasteiger partial charge in [-0.25, -0.2) is 12.8 Å². The Kier molecular flexibility index (Phi) is 8.09. The average molecular weight is 585 g/mol. The van der Waals surface area contributed by atoms with E-state index in [2.05, 4.69) is 0 Å². The molecule has 2 heterocycles. The molecule has 0 bridgehead atoms. The van der Waals surface area contributed by atoms with Crippen molar-refractivity contribution in [1.29, 1.82) is 0 Å². The lowest BCUT2D eigenvalue weighted by Gasteiger charge is -2.37. The van der Waals surface area contributed by atoms with Crippen LogP contribution in [0.15, 0.2) is 71.6 Å². The lowest BCUT2D eigenvalue weighted by Crippen LogP contribution is -2.53. The van der Waals surface area contributed by atoms with Crippen LogP contribution in [0.1, 0.15) is 26.3 Å². The lowest BCUT2D eigenvalue weighted by molar-refractivity contribution is -0.234. The number of benzene rings is 3. The van der Waals surface area contributed by atoms with Crippen LogP contribution in [0.5, 0.6) is 5.75 Å². The summed E-state index contributed by atoms with van der Waals surface area (Å²) < 4.78 is 54.8. The Bertz CT molecular complexity index is 1520. The molecule has 12 heteroatoms. The highest BCUT2D eigenvalue weighted by atomic mass is 32.2. The number of anilines is 1. The summed E-state index contributed by atoms with van der Waals surface area (Å²) in [6, 6.07) is 16.5. The highest BCUT2D eigenvalue weighted by Crippen LogP contribution is 2.28. The van der Waals surface area contributed by atoms with Gasteiger partial charge in [0.05, 0.1) is 42.4 Å². The monoisotopic (exact) mass is 584 g/mol. The maximum absolute atomic E-state index is 14.4. The van der Waals surface area contributed by atoms with Gasteiger partial charge < -0.3 is 24.2 Å². The number of halogens is 1. The zero-order valence-corrected chi connectivity index (χ0v) is 23.2. The maximum atomic E-state index is 14.4. The normalized spacial score (nSPS) is 19.7. The number of imide groups is 1. The molecule has 10 nitrogen and oxygen atoms in total. The largest absolute Gasteiger partial charge is 0.494 e. The SMILES string of the molecule is COc1ccc(CN(CC(O)C2OCC(N3C(=O)c4ccccc4C3=O)CO2)c2ccc(S(C)(=O)=O)cc2)cc1F. The Labute approximate surface area is 236 Å². The van der Waals surface area contributed by atoms with Crippen molar-refractivity contribution in [2.45, 2.75) is 29.9 Å². The minimum absolute atomic E-state index is 0.0196. The van der Waals surface area contributed by atoms with Crippen LogP contribution in [0.2, 0.25) is 0 Å². The predicted molar refractivity (Wildman–Crippen MR) is 146 cm³/mol. The number of carbonyl (C=O) groups is 2. The number of hydrogen-bond donors (Lipinski definition) is 1. The number of fused-ring (bicyclic) bond motifs is 1. The van der Waals surface area contributed by atoms with Crippen molar-refractivity contribution in [3.8, 4) is 5.75 Å². The first-order valence-electron chi connectivity index (χ1n) is 12.8. The van der Waals surface area contributed by atoms with E-state index in [0.29, 0.717) is 22.4 Å². The van der Waals surface area contributed by atoms with E-state index in [1.165, 1.54) is 31.4 Å². The van der Waals surface area contributed by atoms with E-state index >= 15 is 0 Å². The molecule has 2 amide bonds. The van der Waals surface area contributed by atoms with Gasteiger partial charge in [0.15, 0.2) is 27.7 Å². The number of nitrogens with zero attached hydrogens (tertiary/aromatic N) is 2. The van der Waals surface area contributed by atoms with Gasteiger partial charge in [0.2, 0.25) is 0 Å². The average Bonchev–Trinajstić information content (AvgIpc) is 3.22. The molecule has 5 rings (SSSR count). The van der Waals surface area contributed by atoms with Gasteiger partial charge in [-0.2, -0.15) is 0 Å². The van der Waals surface area contributed by atoms with Crippen LogP contribution in [0.3, 0.4) is 0 Å². The van der Waals surface area contributed by atoms with E-state index in [1.54, 1.807) is 47.4 Å². The molecular weight excluding hydrogens is 555 g/mol. The summed E-state index contributed by atoms with van der Waals surface area (Å²) in [5.74, 6) is -1.29. The molecule has 3 aromatic rings. The Morgan fingerprint density at radius 2 is 1.63 bits per heavy atom. The summed E-state index contributed by atoms with van der Waals surface area (Å²) in [7, 11) is -2.05. The Hall–Kier alpha value is -3.84. The molecule has 3 aromatic carbocycles. The molecule has 216 valence electrons. The number of amides is 2. The zero-order valence-electron chi connectivity index (χ0n) is 22.4. The Morgan fingerprint density at radius 3 is 2.17 bits per heavy atom. The van der Waals surface area contributed by atoms with Gasteiger partial charge in [-0.05, 0) is 54.1 Å². The zero-order chi connectivity index (χ0) is 29.3. The molecule has 41 heavy (non-hydrogen) atoms. The highest BCUT2D eigenvalue weighted by Gasteiger charge is 2.42. The fourth-order valence-electron chi connectivity index (χ4n) is 4.92. The minimum atomic E-state index is -3.42. The summed E-state index contributed by atoms with van der Waals surface area (Å²) in [6.07, 6.45) is -1.14. The van der Waals surface area contributed by atoms with Gasteiger partial charge in [0.25, 0.3) is 11.8 Å². The number of rotatable bonds is 9. The molecule has 0 spiro atoms. The second-order valence-corrected chi connectivity index (χ2v) is 11.9. The van der Waals surface area contributed by atoms with Crippen molar-refractivity contribution >= 4 is 27.3 Å². The van der Waals surface area contributed by atoms with Crippen LogP contribution in [-0.4, -0.2) is 81.8 Å². The smallest absolute Gasteiger partial charge is 0.261 e. The van der Waals surface area contributed by atoms with E-state index in [1.807, 2.05) is 0 Å². The molecule has 1 saturated heterocycles. The van der Waals surface area contributed by atoms with Gasteiger partial charge in [0.1, 0.15) is 6.10 Å². The standard InChI is InChI=1S/C29H29FN2O8S/c1-38-26-12-7-18(13-24(26)30)14-31(19-8-10-21(11-9-19)41(2,36)37)15-25(33)29-39-16-20(17-40-29)32-27(34)22-5-3-4-6-23(22)28(32)35/h3-13,20,25,29,33H,14-17H2,1-2H3. The second kappa shape index (κ2) is 11.6. The lowest BCUT2D eigenvalue weighted by atomic mass is 10.1. The van der Waals surface area contributed by atoms with Crippen molar-refractivity contribution < 1.29 is 41.7 Å². The van der Waals surface area contributed by atoms with Crippen LogP contribution in [0.4, 0.5) is 10.1 Å². The van der Waals surface area contributed by atoms with Crippen LogP contribution in [-0.2, 0) is 25.9 Å². The summed E-state index contributed by atoms with van der Waals surface area (Å²) in [4.78, 5) is 28.6. The van der Waals surface area contributed by atoms with Gasteiger partial charge in [0, 0.05) is 25.0 Å². The Balaban J connectivity index is 1.29. The third-order valence-corrected chi connectivity index (χ3v) is 8.17. The van der Waals surface area contributed by atoms with Gasteiger partial charge >= 0.3 is 0 Å². The molecule has 0 radical (unpaired) electrons. The van der Waals surface area contributed by atoms with Gasteiger partial charge in [-0.1, -0.05) is 18.2 Å². The van der Waals surface area contributed by atoms with Crippen LogP contribution >= 0.6 is 0 Å². The number of aliphatic hydroxyl groups excluding tert-OH is 1. The molecule has 0 saturated carbocycles. The van der Waals surface area contributed by atoms with Crippen molar-refractivity contribution in [2.75, 3.05) is 38.0 Å². The van der Waals surface area contributed by atoms with Crippen molar-refractivity contribution in [2.24, 2.45) is 0 Å². The summed E-state index contributed by atoms with van der Waals surface area (Å²) in [5.41, 5.74) is 1.81. The molecule has 1 atom stereocenters. The first-order valence-corrected chi connectivity index (χ1v) is 14.7. The quantitative estimate of drug-likeness (QED) is 0.378. The number of methoxy groups -OCH3 is 1. The third kappa shape index (κ3) is 5.96.